The molecule has 0 amide bonds. The summed E-state index contributed by atoms with van der Waals surface area (Å²) in [6.45, 7) is 8.04. The summed E-state index contributed by atoms with van der Waals surface area (Å²) in [6.07, 6.45) is 3.98. The van der Waals surface area contributed by atoms with E-state index in [1.54, 1.807) is 0 Å². The van der Waals surface area contributed by atoms with Crippen molar-refractivity contribution in [3.05, 3.63) is 0 Å². The maximum absolute atomic E-state index is 5.73. The molecule has 64 valence electrons. The average molecular weight is 154 g/mol. The summed E-state index contributed by atoms with van der Waals surface area (Å²) >= 11 is 0. The summed E-state index contributed by atoms with van der Waals surface area (Å²) in [5.41, 5.74) is 0.812. The van der Waals surface area contributed by atoms with Gasteiger partial charge in [0.2, 0.25) is 0 Å². The van der Waals surface area contributed by atoms with E-state index < -0.39 is 0 Å². The van der Waals surface area contributed by atoms with E-state index in [1.165, 1.54) is 19.3 Å². The predicted molar refractivity (Wildman–Crippen MR) is 45.5 cm³/mol. The van der Waals surface area contributed by atoms with Gasteiger partial charge in [-0.1, -0.05) is 20.8 Å². The van der Waals surface area contributed by atoms with Crippen LogP contribution in [0.2, 0.25) is 0 Å². The van der Waals surface area contributed by atoms with Crippen LogP contribution in [0.3, 0.4) is 0 Å². The standard InChI is InChI=1S/C10H18O/c1-8(2)9(3)4-5-10(9)6-7-11-10/h8H,4-7H2,1-3H3. The molecule has 0 N–H and O–H groups in total. The predicted octanol–water partition coefficient (Wildman–Crippen LogP) is 2.60. The molecule has 2 rings (SSSR count). The third-order valence-electron chi connectivity index (χ3n) is 4.25. The van der Waals surface area contributed by atoms with Crippen molar-refractivity contribution < 1.29 is 4.74 Å². The quantitative estimate of drug-likeness (QED) is 0.564. The van der Waals surface area contributed by atoms with Crippen LogP contribution in [-0.4, -0.2) is 12.2 Å². The second-order valence-electron chi connectivity index (χ2n) is 4.66. The van der Waals surface area contributed by atoms with E-state index in [4.69, 9.17) is 4.74 Å². The Labute approximate surface area is 69.1 Å². The molecule has 2 atom stereocenters. The van der Waals surface area contributed by atoms with Crippen LogP contribution in [0.15, 0.2) is 0 Å². The number of ether oxygens (including phenoxy) is 1. The zero-order valence-electron chi connectivity index (χ0n) is 7.81. The van der Waals surface area contributed by atoms with Gasteiger partial charge in [-0.05, 0) is 24.2 Å². The Kier molecular flexibility index (Phi) is 1.39. The Balaban J connectivity index is 2.14. The van der Waals surface area contributed by atoms with Crippen LogP contribution in [0.5, 0.6) is 0 Å². The lowest BCUT2D eigenvalue weighted by Gasteiger charge is -2.64. The highest BCUT2D eigenvalue weighted by molar-refractivity contribution is 5.11. The molecule has 0 aromatic heterocycles. The van der Waals surface area contributed by atoms with Crippen LogP contribution in [0.4, 0.5) is 0 Å². The fourth-order valence-electron chi connectivity index (χ4n) is 2.61. The van der Waals surface area contributed by atoms with Crippen molar-refractivity contribution in [1.29, 1.82) is 0 Å². The molecule has 1 heteroatoms. The molecule has 0 bridgehead atoms. The normalized spacial score (nSPS) is 49.1. The van der Waals surface area contributed by atoms with Crippen LogP contribution in [0.1, 0.15) is 40.0 Å². The minimum absolute atomic E-state index is 0.321. The maximum atomic E-state index is 5.73. The molecule has 1 aliphatic heterocycles. The molecule has 0 radical (unpaired) electrons. The minimum atomic E-state index is 0.321. The Bertz CT molecular complexity index is 164. The van der Waals surface area contributed by atoms with Crippen molar-refractivity contribution >= 4 is 0 Å². The number of hydrogen-bond donors (Lipinski definition) is 0. The van der Waals surface area contributed by atoms with Gasteiger partial charge < -0.3 is 4.74 Å². The fourth-order valence-corrected chi connectivity index (χ4v) is 2.61. The van der Waals surface area contributed by atoms with Gasteiger partial charge in [0.05, 0.1) is 12.2 Å². The first-order valence-corrected chi connectivity index (χ1v) is 4.75. The van der Waals surface area contributed by atoms with E-state index >= 15 is 0 Å². The highest BCUT2D eigenvalue weighted by atomic mass is 16.5. The molecular formula is C10H18O. The van der Waals surface area contributed by atoms with Gasteiger partial charge in [-0.2, -0.15) is 0 Å². The summed E-state index contributed by atoms with van der Waals surface area (Å²) in [6, 6.07) is 0. The molecular weight excluding hydrogens is 136 g/mol. The van der Waals surface area contributed by atoms with Crippen LogP contribution in [-0.2, 0) is 4.74 Å². The van der Waals surface area contributed by atoms with Crippen molar-refractivity contribution in [2.24, 2.45) is 11.3 Å². The molecule has 1 nitrogen and oxygen atoms in total. The highest BCUT2D eigenvalue weighted by Gasteiger charge is 2.61. The van der Waals surface area contributed by atoms with E-state index in [9.17, 15) is 0 Å². The number of hydrogen-bond acceptors (Lipinski definition) is 1. The lowest BCUT2D eigenvalue weighted by atomic mass is 9.50. The summed E-state index contributed by atoms with van der Waals surface area (Å²) in [7, 11) is 0. The van der Waals surface area contributed by atoms with Gasteiger partial charge in [-0.25, -0.2) is 0 Å². The van der Waals surface area contributed by atoms with Crippen molar-refractivity contribution in [3.8, 4) is 0 Å². The first kappa shape index (κ1) is 7.60. The summed E-state index contributed by atoms with van der Waals surface area (Å²) in [5.74, 6) is 0.775. The molecule has 2 fully saturated rings. The van der Waals surface area contributed by atoms with E-state index in [2.05, 4.69) is 20.8 Å². The molecule has 0 aromatic carbocycles. The molecule has 2 unspecified atom stereocenters. The molecule has 11 heavy (non-hydrogen) atoms. The summed E-state index contributed by atoms with van der Waals surface area (Å²) < 4.78 is 5.73. The van der Waals surface area contributed by atoms with Crippen LogP contribution >= 0.6 is 0 Å². The molecule has 1 aliphatic carbocycles. The molecule has 0 aromatic rings. The van der Waals surface area contributed by atoms with Crippen molar-refractivity contribution in [3.63, 3.8) is 0 Å². The van der Waals surface area contributed by atoms with E-state index in [1.807, 2.05) is 0 Å². The van der Waals surface area contributed by atoms with Gasteiger partial charge in [-0.3, -0.25) is 0 Å². The smallest absolute Gasteiger partial charge is 0.0760 e. The molecule has 1 saturated heterocycles. The maximum Gasteiger partial charge on any atom is 0.0760 e. The first-order chi connectivity index (χ1) is 5.11. The monoisotopic (exact) mass is 154 g/mol. The van der Waals surface area contributed by atoms with Gasteiger partial charge in [0.25, 0.3) is 0 Å². The SMILES string of the molecule is CC(C)C1(C)CCC12CCO2. The van der Waals surface area contributed by atoms with Gasteiger partial charge >= 0.3 is 0 Å². The van der Waals surface area contributed by atoms with Crippen molar-refractivity contribution in [2.45, 2.75) is 45.6 Å². The molecule has 2 aliphatic rings. The van der Waals surface area contributed by atoms with Gasteiger partial charge in [0, 0.05) is 6.42 Å². The zero-order chi connectivity index (χ0) is 8.11. The van der Waals surface area contributed by atoms with E-state index in [0.29, 0.717) is 11.0 Å². The largest absolute Gasteiger partial charge is 0.374 e. The van der Waals surface area contributed by atoms with Crippen LogP contribution in [0, 0.1) is 11.3 Å². The third-order valence-corrected chi connectivity index (χ3v) is 4.25. The molecule has 1 spiro atoms. The Hall–Kier alpha value is -0.0400. The van der Waals surface area contributed by atoms with Gasteiger partial charge in [0.1, 0.15) is 0 Å². The fraction of sp³-hybridized carbons (Fsp3) is 1.00. The number of rotatable bonds is 1. The van der Waals surface area contributed by atoms with Crippen LogP contribution < -0.4 is 0 Å². The molecule has 1 heterocycles. The lowest BCUT2D eigenvalue weighted by molar-refractivity contribution is -0.284. The Morgan fingerprint density at radius 3 is 1.91 bits per heavy atom. The first-order valence-electron chi connectivity index (χ1n) is 4.75. The summed E-state index contributed by atoms with van der Waals surface area (Å²) in [5, 5.41) is 0. The van der Waals surface area contributed by atoms with E-state index in [-0.39, 0.29) is 0 Å². The van der Waals surface area contributed by atoms with Gasteiger partial charge in [-0.15, -0.1) is 0 Å². The van der Waals surface area contributed by atoms with Crippen molar-refractivity contribution in [2.75, 3.05) is 6.61 Å². The lowest BCUT2D eigenvalue weighted by Crippen LogP contribution is -2.65. The average Bonchev–Trinajstić information content (AvgIpc) is 1.80. The topological polar surface area (TPSA) is 9.23 Å². The second-order valence-corrected chi connectivity index (χ2v) is 4.66. The summed E-state index contributed by atoms with van der Waals surface area (Å²) in [4.78, 5) is 0. The van der Waals surface area contributed by atoms with Crippen LogP contribution in [0.25, 0.3) is 0 Å². The zero-order valence-corrected chi connectivity index (χ0v) is 7.81. The van der Waals surface area contributed by atoms with E-state index in [0.717, 1.165) is 12.5 Å². The van der Waals surface area contributed by atoms with Gasteiger partial charge in [0.15, 0.2) is 0 Å². The van der Waals surface area contributed by atoms with Crippen molar-refractivity contribution in [1.82, 2.24) is 0 Å². The Morgan fingerprint density at radius 2 is 1.82 bits per heavy atom. The second kappa shape index (κ2) is 2.01. The Morgan fingerprint density at radius 1 is 1.18 bits per heavy atom. The molecule has 1 saturated carbocycles. The minimum Gasteiger partial charge on any atom is -0.374 e. The highest BCUT2D eigenvalue weighted by Crippen LogP contribution is 2.61. The third kappa shape index (κ3) is 0.703.